The van der Waals surface area contributed by atoms with Gasteiger partial charge in [-0.1, -0.05) is 18.2 Å². The van der Waals surface area contributed by atoms with Crippen LogP contribution in [0.25, 0.3) is 0 Å². The molecule has 130 valence electrons. The predicted octanol–water partition coefficient (Wildman–Crippen LogP) is 3.26. The Bertz CT molecular complexity index is 838. The van der Waals surface area contributed by atoms with Gasteiger partial charge in [0.25, 0.3) is 0 Å². The van der Waals surface area contributed by atoms with Gasteiger partial charge >= 0.3 is 5.97 Å². The average Bonchev–Trinajstić information content (AvgIpc) is 2.62. The molecule has 0 saturated heterocycles. The number of carbonyl (C=O) groups is 2. The first-order chi connectivity index (χ1) is 12.0. The Morgan fingerprint density at radius 3 is 2.72 bits per heavy atom. The maximum absolute atomic E-state index is 14.0. The van der Waals surface area contributed by atoms with Gasteiger partial charge in [0.2, 0.25) is 5.91 Å². The highest BCUT2D eigenvalue weighted by Gasteiger charge is 2.28. The zero-order valence-electron chi connectivity index (χ0n) is 13.3. The van der Waals surface area contributed by atoms with Crippen LogP contribution in [0.5, 0.6) is 5.75 Å². The molecule has 1 atom stereocenters. The normalized spacial score (nSPS) is 15.7. The molecule has 1 amide bonds. The van der Waals surface area contributed by atoms with Crippen LogP contribution in [0, 0.1) is 11.6 Å². The highest BCUT2D eigenvalue weighted by molar-refractivity contribution is 5.98. The van der Waals surface area contributed by atoms with Crippen molar-refractivity contribution in [3.8, 4) is 5.75 Å². The molecule has 1 aliphatic heterocycles. The summed E-state index contributed by atoms with van der Waals surface area (Å²) in [6, 6.07) is 8.56. The molecule has 3 rings (SSSR count). The summed E-state index contributed by atoms with van der Waals surface area (Å²) in [5.41, 5.74) is -0.0377. The molecule has 0 radical (unpaired) electrons. The number of anilines is 1. The van der Waals surface area contributed by atoms with Gasteiger partial charge in [-0.15, -0.1) is 0 Å². The van der Waals surface area contributed by atoms with E-state index in [1.54, 1.807) is 24.3 Å². The molecule has 2 aromatic carbocycles. The van der Waals surface area contributed by atoms with E-state index < -0.39 is 35.0 Å². The average molecular weight is 347 g/mol. The van der Waals surface area contributed by atoms with E-state index in [0.29, 0.717) is 30.4 Å². The van der Waals surface area contributed by atoms with Gasteiger partial charge in [0.1, 0.15) is 17.4 Å². The molecule has 25 heavy (non-hydrogen) atoms. The zero-order valence-corrected chi connectivity index (χ0v) is 13.3. The summed E-state index contributed by atoms with van der Waals surface area (Å²) < 4.78 is 37.6. The van der Waals surface area contributed by atoms with Gasteiger partial charge < -0.3 is 14.8 Å². The van der Waals surface area contributed by atoms with Crippen LogP contribution >= 0.6 is 0 Å². The number of methoxy groups -OCH3 is 1. The number of rotatable bonds is 3. The van der Waals surface area contributed by atoms with E-state index >= 15 is 0 Å². The van der Waals surface area contributed by atoms with E-state index in [2.05, 4.69) is 10.1 Å². The van der Waals surface area contributed by atoms with Crippen molar-refractivity contribution in [2.75, 3.05) is 19.0 Å². The lowest BCUT2D eigenvalue weighted by Crippen LogP contribution is -2.27. The second kappa shape index (κ2) is 6.88. The van der Waals surface area contributed by atoms with E-state index in [0.717, 1.165) is 13.2 Å². The van der Waals surface area contributed by atoms with Gasteiger partial charge in [-0.3, -0.25) is 4.79 Å². The molecule has 0 fully saturated rings. The smallest absolute Gasteiger partial charge is 0.340 e. The molecule has 0 aliphatic carbocycles. The van der Waals surface area contributed by atoms with Crippen molar-refractivity contribution in [1.29, 1.82) is 0 Å². The van der Waals surface area contributed by atoms with Crippen LogP contribution in [0.3, 0.4) is 0 Å². The number of hydrogen-bond acceptors (Lipinski definition) is 4. The van der Waals surface area contributed by atoms with Crippen LogP contribution in [0.1, 0.15) is 28.3 Å². The number of carbonyl (C=O) groups excluding carboxylic acids is 2. The summed E-state index contributed by atoms with van der Waals surface area (Å²) in [6.07, 6.45) is 0.426. The van der Waals surface area contributed by atoms with Crippen LogP contribution in [0.2, 0.25) is 0 Å². The number of nitrogens with one attached hydrogen (secondary N) is 1. The van der Waals surface area contributed by atoms with Crippen molar-refractivity contribution in [2.24, 2.45) is 0 Å². The minimum atomic E-state index is -1.06. The van der Waals surface area contributed by atoms with Gasteiger partial charge in [0, 0.05) is 11.6 Å². The van der Waals surface area contributed by atoms with Crippen LogP contribution in [-0.4, -0.2) is 25.6 Å². The summed E-state index contributed by atoms with van der Waals surface area (Å²) in [5.74, 6) is -3.38. The number of para-hydroxylation sites is 1. The topological polar surface area (TPSA) is 64.6 Å². The maximum Gasteiger partial charge on any atom is 0.340 e. The van der Waals surface area contributed by atoms with E-state index in [1.807, 2.05) is 0 Å². The molecule has 0 aromatic heterocycles. The van der Waals surface area contributed by atoms with Crippen molar-refractivity contribution in [3.63, 3.8) is 0 Å². The molecule has 0 bridgehead atoms. The van der Waals surface area contributed by atoms with Crippen molar-refractivity contribution in [3.05, 3.63) is 59.2 Å². The van der Waals surface area contributed by atoms with Gasteiger partial charge in [-0.05, 0) is 18.6 Å². The van der Waals surface area contributed by atoms with Gasteiger partial charge in [-0.25, -0.2) is 13.6 Å². The van der Waals surface area contributed by atoms with Crippen molar-refractivity contribution in [1.82, 2.24) is 0 Å². The first-order valence-electron chi connectivity index (χ1n) is 7.61. The lowest BCUT2D eigenvalue weighted by molar-refractivity contribution is -0.118. The van der Waals surface area contributed by atoms with E-state index in [1.165, 1.54) is 0 Å². The van der Waals surface area contributed by atoms with E-state index in [4.69, 9.17) is 4.74 Å². The Morgan fingerprint density at radius 1 is 1.20 bits per heavy atom. The first kappa shape index (κ1) is 16.9. The monoisotopic (exact) mass is 347 g/mol. The molecule has 0 unspecified atom stereocenters. The molecule has 5 nitrogen and oxygen atoms in total. The first-order valence-corrected chi connectivity index (χ1v) is 7.61. The summed E-state index contributed by atoms with van der Waals surface area (Å²) in [7, 11) is 1.09. The summed E-state index contributed by atoms with van der Waals surface area (Å²) in [4.78, 5) is 24.1. The number of hydrogen-bond donors (Lipinski definition) is 1. The lowest BCUT2D eigenvalue weighted by Gasteiger charge is -2.25. The maximum atomic E-state index is 14.0. The Balaban J connectivity index is 1.88. The fraction of sp³-hybridized carbons (Fsp3) is 0.222. The number of amides is 1. The fourth-order valence-corrected chi connectivity index (χ4v) is 2.75. The highest BCUT2D eigenvalue weighted by Crippen LogP contribution is 2.34. The second-order valence-corrected chi connectivity index (χ2v) is 5.52. The Labute approximate surface area is 142 Å². The van der Waals surface area contributed by atoms with Crippen molar-refractivity contribution in [2.45, 2.75) is 12.3 Å². The molecule has 0 saturated carbocycles. The van der Waals surface area contributed by atoms with E-state index in [-0.39, 0.29) is 5.69 Å². The lowest BCUT2D eigenvalue weighted by atomic mass is 9.92. The predicted molar refractivity (Wildman–Crippen MR) is 85.6 cm³/mol. The zero-order chi connectivity index (χ0) is 18.0. The summed E-state index contributed by atoms with van der Waals surface area (Å²) >= 11 is 0. The van der Waals surface area contributed by atoms with Gasteiger partial charge in [0.05, 0.1) is 30.9 Å². The van der Waals surface area contributed by atoms with Gasteiger partial charge in [-0.2, -0.15) is 0 Å². The SMILES string of the molecule is COC(=O)c1cc(NC(=O)[C@H]2CCOc3ccccc32)c(F)cc1F. The second-order valence-electron chi connectivity index (χ2n) is 5.52. The molecule has 0 spiro atoms. The number of fused-ring (bicyclic) bond motifs is 1. The Morgan fingerprint density at radius 2 is 1.96 bits per heavy atom. The van der Waals surface area contributed by atoms with Crippen molar-refractivity contribution >= 4 is 17.6 Å². The van der Waals surface area contributed by atoms with E-state index in [9.17, 15) is 18.4 Å². The molecule has 1 heterocycles. The minimum absolute atomic E-state index is 0.282. The summed E-state index contributed by atoms with van der Waals surface area (Å²) in [6.45, 7) is 0.356. The number of halogens is 2. The number of esters is 1. The molecular weight excluding hydrogens is 332 g/mol. The van der Waals surface area contributed by atoms with Crippen LogP contribution in [0.15, 0.2) is 36.4 Å². The third-order valence-electron chi connectivity index (χ3n) is 3.99. The van der Waals surface area contributed by atoms with Crippen LogP contribution in [0.4, 0.5) is 14.5 Å². The largest absolute Gasteiger partial charge is 0.493 e. The van der Waals surface area contributed by atoms with Crippen LogP contribution < -0.4 is 10.1 Å². The molecule has 7 heteroatoms. The third-order valence-corrected chi connectivity index (χ3v) is 3.99. The molecule has 1 aliphatic rings. The Hall–Kier alpha value is -2.96. The van der Waals surface area contributed by atoms with Crippen LogP contribution in [-0.2, 0) is 9.53 Å². The fourth-order valence-electron chi connectivity index (χ4n) is 2.75. The van der Waals surface area contributed by atoms with Gasteiger partial charge in [0.15, 0.2) is 0 Å². The minimum Gasteiger partial charge on any atom is -0.493 e. The quantitative estimate of drug-likeness (QED) is 0.866. The molecular formula is C18H15F2NO4. The standard InChI is InChI=1S/C18H15F2NO4/c1-24-18(23)12-8-15(14(20)9-13(12)19)21-17(22)11-6-7-25-16-5-3-2-4-10(11)16/h2-5,8-9,11H,6-7H2,1H3,(H,21,22)/t11-/m0/s1. The third kappa shape index (κ3) is 3.31. The summed E-state index contributed by atoms with van der Waals surface area (Å²) in [5, 5.41) is 2.42. The highest BCUT2D eigenvalue weighted by atomic mass is 19.1. The number of ether oxygens (including phenoxy) is 2. The molecule has 2 aromatic rings. The van der Waals surface area contributed by atoms with Crippen molar-refractivity contribution < 1.29 is 27.8 Å². The molecule has 1 N–H and O–H groups in total. The number of benzene rings is 2. The Kier molecular flexibility index (Phi) is 4.65.